The van der Waals surface area contributed by atoms with Gasteiger partial charge >= 0.3 is 0 Å². The number of hydrogen-bond donors (Lipinski definition) is 2. The summed E-state index contributed by atoms with van der Waals surface area (Å²) in [4.78, 5) is 12.1. The van der Waals surface area contributed by atoms with Gasteiger partial charge in [-0.05, 0) is 36.8 Å². The number of anilines is 2. The number of para-hydroxylation sites is 1. The fourth-order valence-electron chi connectivity index (χ4n) is 2.96. The van der Waals surface area contributed by atoms with Gasteiger partial charge in [-0.2, -0.15) is 0 Å². The first-order valence-electron chi connectivity index (χ1n) is 8.87. The molecular formula is C18H24N4OS2. The summed E-state index contributed by atoms with van der Waals surface area (Å²) in [6.07, 6.45) is 4.97. The normalized spacial score (nSPS) is 17.8. The first-order chi connectivity index (χ1) is 12.2. The van der Waals surface area contributed by atoms with E-state index < -0.39 is 0 Å². The molecule has 7 heteroatoms. The second-order valence-electron chi connectivity index (χ2n) is 6.05. The molecule has 0 aliphatic carbocycles. The summed E-state index contributed by atoms with van der Waals surface area (Å²) >= 11 is 3.05. The highest BCUT2D eigenvalue weighted by atomic mass is 32.2. The zero-order valence-electron chi connectivity index (χ0n) is 14.7. The Hall–Kier alpha value is -1.60. The van der Waals surface area contributed by atoms with Crippen molar-refractivity contribution in [1.82, 2.24) is 15.5 Å². The van der Waals surface area contributed by atoms with Crippen molar-refractivity contribution in [3.8, 4) is 0 Å². The van der Waals surface area contributed by atoms with Crippen LogP contribution in [0, 0.1) is 0 Å². The highest BCUT2D eigenvalue weighted by molar-refractivity contribution is 8.02. The van der Waals surface area contributed by atoms with Gasteiger partial charge < -0.3 is 10.6 Å². The third kappa shape index (κ3) is 4.52. The van der Waals surface area contributed by atoms with Crippen molar-refractivity contribution in [2.45, 2.75) is 55.5 Å². The Kier molecular flexibility index (Phi) is 6.31. The monoisotopic (exact) mass is 376 g/mol. The van der Waals surface area contributed by atoms with Gasteiger partial charge in [-0.1, -0.05) is 61.6 Å². The van der Waals surface area contributed by atoms with Crippen LogP contribution in [0.3, 0.4) is 0 Å². The molecule has 134 valence electrons. The van der Waals surface area contributed by atoms with Crippen molar-refractivity contribution in [2.24, 2.45) is 0 Å². The van der Waals surface area contributed by atoms with Gasteiger partial charge in [-0.3, -0.25) is 4.79 Å². The molecule has 25 heavy (non-hydrogen) atoms. The van der Waals surface area contributed by atoms with Crippen LogP contribution in [0.5, 0.6) is 0 Å². The maximum Gasteiger partial charge on any atom is 0.233 e. The van der Waals surface area contributed by atoms with Crippen LogP contribution < -0.4 is 10.6 Å². The molecule has 0 bridgehead atoms. The first kappa shape index (κ1) is 18.2. The summed E-state index contributed by atoms with van der Waals surface area (Å²) in [6, 6.07) is 6.40. The molecule has 3 rings (SSSR count). The number of hydrogen-bond acceptors (Lipinski definition) is 6. The maximum absolute atomic E-state index is 12.1. The number of aryl methyl sites for hydroxylation is 2. The van der Waals surface area contributed by atoms with E-state index in [1.165, 1.54) is 34.2 Å². The number of nitrogens with one attached hydrogen (secondary N) is 2. The number of thioether (sulfide) groups is 1. The van der Waals surface area contributed by atoms with E-state index in [0.717, 1.165) is 53.8 Å². The summed E-state index contributed by atoms with van der Waals surface area (Å²) in [5.74, 6) is 0.122. The Morgan fingerprint density at radius 1 is 1.24 bits per heavy atom. The average molecular weight is 377 g/mol. The van der Waals surface area contributed by atoms with Gasteiger partial charge in [-0.25, -0.2) is 0 Å². The Morgan fingerprint density at radius 3 is 2.72 bits per heavy atom. The van der Waals surface area contributed by atoms with E-state index in [2.05, 4.69) is 52.9 Å². The highest BCUT2D eigenvalue weighted by Gasteiger charge is 2.23. The largest absolute Gasteiger partial charge is 0.355 e. The lowest BCUT2D eigenvalue weighted by atomic mass is 10.0. The van der Waals surface area contributed by atoms with E-state index >= 15 is 0 Å². The predicted octanol–water partition coefficient (Wildman–Crippen LogP) is 4.17. The van der Waals surface area contributed by atoms with Gasteiger partial charge in [0.15, 0.2) is 4.34 Å². The number of rotatable bonds is 6. The summed E-state index contributed by atoms with van der Waals surface area (Å²) in [7, 11) is 0. The Labute approximate surface area is 157 Å². The minimum Gasteiger partial charge on any atom is -0.355 e. The first-order valence-corrected chi connectivity index (χ1v) is 10.6. The highest BCUT2D eigenvalue weighted by Crippen LogP contribution is 2.34. The smallest absolute Gasteiger partial charge is 0.233 e. The maximum atomic E-state index is 12.1. The van der Waals surface area contributed by atoms with Crippen molar-refractivity contribution in [3.63, 3.8) is 0 Å². The summed E-state index contributed by atoms with van der Waals surface area (Å²) in [6.45, 7) is 5.10. The topological polar surface area (TPSA) is 66.9 Å². The molecule has 1 aromatic carbocycles. The van der Waals surface area contributed by atoms with E-state index in [4.69, 9.17) is 0 Å². The molecule has 1 atom stereocenters. The van der Waals surface area contributed by atoms with Crippen LogP contribution >= 0.6 is 23.1 Å². The second kappa shape index (κ2) is 8.67. The Morgan fingerprint density at radius 2 is 2.00 bits per heavy atom. The van der Waals surface area contributed by atoms with Gasteiger partial charge in [-0.15, -0.1) is 10.2 Å². The molecule has 1 aliphatic heterocycles. The van der Waals surface area contributed by atoms with Gasteiger partial charge in [0, 0.05) is 12.2 Å². The predicted molar refractivity (Wildman–Crippen MR) is 105 cm³/mol. The molecule has 1 amide bonds. The number of carbonyl (C=O) groups is 1. The van der Waals surface area contributed by atoms with Crippen LogP contribution in [0.4, 0.5) is 10.8 Å². The number of nitrogens with zero attached hydrogens (tertiary/aromatic N) is 2. The Balaban J connectivity index is 1.73. The SMILES string of the molecule is CCc1cccc(CC)c1Nc1nnc(SC2CCCCNC2=O)s1. The lowest BCUT2D eigenvalue weighted by Crippen LogP contribution is -2.30. The fraction of sp³-hybridized carbons (Fsp3) is 0.500. The molecule has 1 saturated heterocycles. The van der Waals surface area contributed by atoms with Crippen LogP contribution in [0.25, 0.3) is 0 Å². The number of benzene rings is 1. The van der Waals surface area contributed by atoms with Gasteiger partial charge in [0.2, 0.25) is 11.0 Å². The van der Waals surface area contributed by atoms with Gasteiger partial charge in [0.1, 0.15) is 0 Å². The van der Waals surface area contributed by atoms with Crippen molar-refractivity contribution in [2.75, 3.05) is 11.9 Å². The number of amides is 1. The minimum atomic E-state index is -0.0579. The molecule has 5 nitrogen and oxygen atoms in total. The van der Waals surface area contributed by atoms with Crippen molar-refractivity contribution in [1.29, 1.82) is 0 Å². The minimum absolute atomic E-state index is 0.0579. The fourth-order valence-corrected chi connectivity index (χ4v) is 5.03. The van der Waals surface area contributed by atoms with Gasteiger partial charge in [0.05, 0.1) is 5.25 Å². The molecule has 2 heterocycles. The van der Waals surface area contributed by atoms with E-state index in [1.54, 1.807) is 0 Å². The van der Waals surface area contributed by atoms with E-state index in [0.29, 0.717) is 0 Å². The molecule has 1 aromatic heterocycles. The molecule has 1 unspecified atom stereocenters. The molecular weight excluding hydrogens is 352 g/mol. The van der Waals surface area contributed by atoms with Crippen LogP contribution in [0.1, 0.15) is 44.2 Å². The molecule has 0 saturated carbocycles. The lowest BCUT2D eigenvalue weighted by Gasteiger charge is -2.13. The zero-order valence-corrected chi connectivity index (χ0v) is 16.3. The lowest BCUT2D eigenvalue weighted by molar-refractivity contribution is -0.120. The third-order valence-electron chi connectivity index (χ3n) is 4.37. The molecule has 1 aliphatic rings. The van der Waals surface area contributed by atoms with Crippen LogP contribution in [-0.4, -0.2) is 27.9 Å². The van der Waals surface area contributed by atoms with E-state index in [-0.39, 0.29) is 11.2 Å². The standard InChI is InChI=1S/C18H24N4OS2/c1-3-12-8-7-9-13(4-2)15(12)20-17-21-22-18(25-17)24-14-10-5-6-11-19-16(14)23/h7-9,14H,3-6,10-11H2,1-2H3,(H,19,23)(H,20,21). The van der Waals surface area contributed by atoms with Crippen molar-refractivity contribution < 1.29 is 4.79 Å². The molecule has 0 radical (unpaired) electrons. The van der Waals surface area contributed by atoms with Crippen molar-refractivity contribution >= 4 is 39.8 Å². The number of aromatic nitrogens is 2. The number of carbonyl (C=O) groups excluding carboxylic acids is 1. The van der Waals surface area contributed by atoms with E-state index in [9.17, 15) is 4.79 Å². The summed E-state index contributed by atoms with van der Waals surface area (Å²) in [5, 5.41) is 15.7. The van der Waals surface area contributed by atoms with Crippen LogP contribution in [-0.2, 0) is 17.6 Å². The molecule has 1 fully saturated rings. The molecule has 0 spiro atoms. The van der Waals surface area contributed by atoms with Crippen LogP contribution in [0.15, 0.2) is 22.5 Å². The molecule has 2 N–H and O–H groups in total. The second-order valence-corrected chi connectivity index (χ2v) is 8.48. The Bertz CT molecular complexity index is 709. The average Bonchev–Trinajstić information content (AvgIpc) is 2.97. The van der Waals surface area contributed by atoms with Gasteiger partial charge in [0.25, 0.3) is 0 Å². The summed E-state index contributed by atoms with van der Waals surface area (Å²) in [5.41, 5.74) is 3.71. The van der Waals surface area contributed by atoms with E-state index in [1.807, 2.05) is 0 Å². The van der Waals surface area contributed by atoms with Crippen LogP contribution in [0.2, 0.25) is 0 Å². The third-order valence-corrected chi connectivity index (χ3v) is 6.55. The van der Waals surface area contributed by atoms with Crippen molar-refractivity contribution in [3.05, 3.63) is 29.3 Å². The summed E-state index contributed by atoms with van der Waals surface area (Å²) < 4.78 is 0.844. The molecule has 2 aromatic rings. The quantitative estimate of drug-likeness (QED) is 0.792. The zero-order chi connectivity index (χ0) is 17.6.